The first kappa shape index (κ1) is 17.5. The molecule has 0 aliphatic heterocycles. The number of aromatic carboxylic acids is 1. The normalized spacial score (nSPS) is 12.3. The first-order chi connectivity index (χ1) is 9.77. The molecule has 7 heteroatoms. The average Bonchev–Trinajstić information content (AvgIpc) is 2.63. The highest BCUT2D eigenvalue weighted by Gasteiger charge is 2.22. The number of aliphatic hydroxyl groups is 1. The molecule has 0 fully saturated rings. The Hall–Kier alpha value is -1.60. The summed E-state index contributed by atoms with van der Waals surface area (Å²) in [6.45, 7) is 7.42. The maximum absolute atomic E-state index is 12.0. The number of carboxylic acids is 1. The number of aliphatic hydroxyl groups excluding tert-OH is 1. The Bertz CT molecular complexity index is 525. The molecule has 1 rings (SSSR count). The van der Waals surface area contributed by atoms with Gasteiger partial charge in [0.25, 0.3) is 0 Å². The third-order valence-corrected chi connectivity index (χ3v) is 4.51. The van der Waals surface area contributed by atoms with Gasteiger partial charge >= 0.3 is 12.0 Å². The van der Waals surface area contributed by atoms with Crippen LogP contribution in [0.1, 0.15) is 41.1 Å². The molecule has 1 atom stereocenters. The molecule has 1 heterocycles. The van der Waals surface area contributed by atoms with E-state index >= 15 is 0 Å². The summed E-state index contributed by atoms with van der Waals surface area (Å²) in [5.74, 6) is -0.878. The maximum atomic E-state index is 12.0. The Balaban J connectivity index is 2.84. The van der Waals surface area contributed by atoms with Crippen molar-refractivity contribution < 1.29 is 19.8 Å². The first-order valence-electron chi connectivity index (χ1n) is 6.79. The highest BCUT2D eigenvalue weighted by molar-refractivity contribution is 7.16. The van der Waals surface area contributed by atoms with Crippen molar-refractivity contribution in [3.05, 3.63) is 16.0 Å². The molecule has 0 aliphatic rings. The highest BCUT2D eigenvalue weighted by atomic mass is 32.1. The van der Waals surface area contributed by atoms with Crippen LogP contribution in [-0.2, 0) is 0 Å². The number of urea groups is 1. The lowest BCUT2D eigenvalue weighted by Crippen LogP contribution is -2.41. The van der Waals surface area contributed by atoms with Crippen LogP contribution in [0.25, 0.3) is 0 Å². The zero-order chi connectivity index (χ0) is 16.2. The van der Waals surface area contributed by atoms with E-state index in [-0.39, 0.29) is 24.1 Å². The number of aryl methyl sites for hydroxylation is 1. The lowest BCUT2D eigenvalue weighted by atomic mass is 10.0. The van der Waals surface area contributed by atoms with Gasteiger partial charge in [-0.25, -0.2) is 9.59 Å². The van der Waals surface area contributed by atoms with E-state index in [2.05, 4.69) is 10.6 Å². The summed E-state index contributed by atoms with van der Waals surface area (Å²) in [7, 11) is 0. The molecule has 1 aromatic heterocycles. The van der Waals surface area contributed by atoms with Gasteiger partial charge in [0.2, 0.25) is 0 Å². The minimum Gasteiger partial charge on any atom is -0.478 e. The standard InChI is InChI=1S/C14H22N2O4S/c1-7(2)10(5-6-17)15-14(20)16-12-11(13(18)19)8(3)9(4)21-12/h7,10,17H,5-6H2,1-4H3,(H,18,19)(H2,15,16,20). The summed E-state index contributed by atoms with van der Waals surface area (Å²) < 4.78 is 0. The van der Waals surface area contributed by atoms with Crippen LogP contribution < -0.4 is 10.6 Å². The second-order valence-electron chi connectivity index (χ2n) is 5.25. The van der Waals surface area contributed by atoms with Crippen LogP contribution in [0.15, 0.2) is 0 Å². The van der Waals surface area contributed by atoms with E-state index in [0.717, 1.165) is 4.88 Å². The van der Waals surface area contributed by atoms with Crippen molar-refractivity contribution in [2.24, 2.45) is 5.92 Å². The summed E-state index contributed by atoms with van der Waals surface area (Å²) in [5, 5.41) is 23.9. The predicted octanol–water partition coefficient (Wildman–Crippen LogP) is 2.59. The van der Waals surface area contributed by atoms with Crippen LogP contribution in [0.2, 0.25) is 0 Å². The van der Waals surface area contributed by atoms with Gasteiger partial charge in [-0.1, -0.05) is 13.8 Å². The quantitative estimate of drug-likeness (QED) is 0.648. The van der Waals surface area contributed by atoms with Crippen molar-refractivity contribution in [3.8, 4) is 0 Å². The average molecular weight is 314 g/mol. The smallest absolute Gasteiger partial charge is 0.338 e. The molecule has 0 aliphatic carbocycles. The van der Waals surface area contributed by atoms with Crippen LogP contribution >= 0.6 is 11.3 Å². The maximum Gasteiger partial charge on any atom is 0.338 e. The van der Waals surface area contributed by atoms with Crippen LogP contribution in [0.5, 0.6) is 0 Å². The first-order valence-corrected chi connectivity index (χ1v) is 7.61. The number of anilines is 1. The Morgan fingerprint density at radius 2 is 1.90 bits per heavy atom. The number of hydrogen-bond donors (Lipinski definition) is 4. The van der Waals surface area contributed by atoms with Crippen LogP contribution in [-0.4, -0.2) is 34.9 Å². The molecule has 0 saturated carbocycles. The minimum atomic E-state index is -1.05. The van der Waals surface area contributed by atoms with Crippen LogP contribution in [0.3, 0.4) is 0 Å². The van der Waals surface area contributed by atoms with E-state index in [9.17, 15) is 14.7 Å². The summed E-state index contributed by atoms with van der Waals surface area (Å²) in [4.78, 5) is 24.1. The summed E-state index contributed by atoms with van der Waals surface area (Å²) in [5.41, 5.74) is 0.800. The number of nitrogens with one attached hydrogen (secondary N) is 2. The molecule has 0 saturated heterocycles. The van der Waals surface area contributed by atoms with Gasteiger partial charge in [0.15, 0.2) is 0 Å². The molecule has 0 aromatic carbocycles. The molecule has 0 bridgehead atoms. The SMILES string of the molecule is Cc1sc(NC(=O)NC(CCO)C(C)C)c(C(=O)O)c1C. The van der Waals surface area contributed by atoms with Crippen LogP contribution in [0.4, 0.5) is 9.80 Å². The molecular formula is C14H22N2O4S. The van der Waals surface area contributed by atoms with Crippen molar-refractivity contribution in [1.29, 1.82) is 0 Å². The molecular weight excluding hydrogens is 292 g/mol. The lowest BCUT2D eigenvalue weighted by molar-refractivity contribution is 0.0697. The Labute approximate surface area is 128 Å². The third-order valence-electron chi connectivity index (χ3n) is 3.39. The summed E-state index contributed by atoms with van der Waals surface area (Å²) in [6.07, 6.45) is 0.458. The minimum absolute atomic E-state index is 0.0132. The van der Waals surface area contributed by atoms with E-state index in [1.165, 1.54) is 11.3 Å². The largest absolute Gasteiger partial charge is 0.478 e. The number of thiophene rings is 1. The molecule has 1 aromatic rings. The van der Waals surface area contributed by atoms with Crippen molar-refractivity contribution in [2.75, 3.05) is 11.9 Å². The van der Waals surface area contributed by atoms with Gasteiger partial charge < -0.3 is 15.5 Å². The fourth-order valence-corrected chi connectivity index (χ4v) is 3.04. The Kier molecular flexibility index (Phi) is 6.17. The van der Waals surface area contributed by atoms with Gasteiger partial charge in [-0.2, -0.15) is 0 Å². The number of rotatable bonds is 6. The second-order valence-corrected chi connectivity index (χ2v) is 6.48. The fraction of sp³-hybridized carbons (Fsp3) is 0.571. The molecule has 0 radical (unpaired) electrons. The van der Waals surface area contributed by atoms with Crippen molar-refractivity contribution in [2.45, 2.75) is 40.2 Å². The molecule has 2 amide bonds. The zero-order valence-electron chi connectivity index (χ0n) is 12.7. The van der Waals surface area contributed by atoms with E-state index in [1.54, 1.807) is 6.92 Å². The van der Waals surface area contributed by atoms with Crippen LogP contribution in [0, 0.1) is 19.8 Å². The number of carbonyl (C=O) groups excluding carboxylic acids is 1. The number of amides is 2. The van der Waals surface area contributed by atoms with Crippen molar-refractivity contribution >= 4 is 28.3 Å². The second kappa shape index (κ2) is 7.42. The molecule has 4 N–H and O–H groups in total. The molecule has 1 unspecified atom stereocenters. The molecule has 6 nitrogen and oxygen atoms in total. The van der Waals surface area contributed by atoms with Gasteiger partial charge in [-0.15, -0.1) is 11.3 Å². The van der Waals surface area contributed by atoms with E-state index in [1.807, 2.05) is 20.8 Å². The Morgan fingerprint density at radius 1 is 1.29 bits per heavy atom. The number of carbonyl (C=O) groups is 2. The van der Waals surface area contributed by atoms with Crippen molar-refractivity contribution in [3.63, 3.8) is 0 Å². The van der Waals surface area contributed by atoms with Gasteiger partial charge in [-0.05, 0) is 31.7 Å². The zero-order valence-corrected chi connectivity index (χ0v) is 13.5. The van der Waals surface area contributed by atoms with Gasteiger partial charge in [0.1, 0.15) is 5.00 Å². The lowest BCUT2D eigenvalue weighted by Gasteiger charge is -2.21. The fourth-order valence-electron chi connectivity index (χ4n) is 1.99. The van der Waals surface area contributed by atoms with Gasteiger partial charge in [0.05, 0.1) is 5.56 Å². The van der Waals surface area contributed by atoms with E-state index in [0.29, 0.717) is 17.0 Å². The summed E-state index contributed by atoms with van der Waals surface area (Å²) in [6, 6.07) is -0.615. The molecule has 0 spiro atoms. The number of carboxylic acid groups (broad SMARTS) is 1. The van der Waals surface area contributed by atoms with E-state index < -0.39 is 12.0 Å². The summed E-state index contributed by atoms with van der Waals surface area (Å²) >= 11 is 1.24. The Morgan fingerprint density at radius 3 is 2.38 bits per heavy atom. The molecule has 21 heavy (non-hydrogen) atoms. The molecule has 118 valence electrons. The third kappa shape index (κ3) is 4.44. The van der Waals surface area contributed by atoms with Gasteiger partial charge in [-0.3, -0.25) is 5.32 Å². The monoisotopic (exact) mass is 314 g/mol. The van der Waals surface area contributed by atoms with Gasteiger partial charge in [0, 0.05) is 17.5 Å². The topological polar surface area (TPSA) is 98.7 Å². The van der Waals surface area contributed by atoms with Crippen molar-refractivity contribution in [1.82, 2.24) is 5.32 Å². The van der Waals surface area contributed by atoms with E-state index in [4.69, 9.17) is 5.11 Å². The predicted molar refractivity (Wildman–Crippen MR) is 83.2 cm³/mol. The highest BCUT2D eigenvalue weighted by Crippen LogP contribution is 2.32. The number of hydrogen-bond acceptors (Lipinski definition) is 4.